The number of Topliss-reactive ketones (excluding diaryl/α,β-unsaturated/α-hetero) is 1. The monoisotopic (exact) mass is 304 g/mol. The molecule has 1 fully saturated rings. The van der Waals surface area contributed by atoms with Crippen LogP contribution in [0, 0.1) is 0 Å². The summed E-state index contributed by atoms with van der Waals surface area (Å²) in [7, 11) is 3.12. The minimum atomic E-state index is -0.599. The van der Waals surface area contributed by atoms with Crippen molar-refractivity contribution in [2.24, 2.45) is 0 Å². The van der Waals surface area contributed by atoms with Gasteiger partial charge in [-0.15, -0.1) is 0 Å². The van der Waals surface area contributed by atoms with E-state index in [9.17, 15) is 9.59 Å². The predicted octanol–water partition coefficient (Wildman–Crippen LogP) is 2.77. The average molecular weight is 304 g/mol. The third-order valence-corrected chi connectivity index (χ3v) is 3.59. The van der Waals surface area contributed by atoms with Crippen molar-refractivity contribution in [3.63, 3.8) is 0 Å². The maximum Gasteiger partial charge on any atom is 0.331 e. The second kappa shape index (κ2) is 7.64. The molecule has 1 aliphatic carbocycles. The normalized spacial score (nSPS) is 18.3. The van der Waals surface area contributed by atoms with Gasteiger partial charge in [-0.2, -0.15) is 0 Å². The van der Waals surface area contributed by atoms with Crippen LogP contribution in [0.1, 0.15) is 31.2 Å². The van der Waals surface area contributed by atoms with Crippen LogP contribution in [0.15, 0.2) is 24.3 Å². The lowest BCUT2D eigenvalue weighted by atomic mass is 9.96. The molecule has 0 aromatic heterocycles. The maximum absolute atomic E-state index is 11.9. The topological polar surface area (TPSA) is 61.8 Å². The molecular weight excluding hydrogens is 284 g/mol. The zero-order chi connectivity index (χ0) is 15.9. The lowest BCUT2D eigenvalue weighted by Crippen LogP contribution is -2.29. The van der Waals surface area contributed by atoms with Crippen molar-refractivity contribution < 1.29 is 23.8 Å². The van der Waals surface area contributed by atoms with Crippen LogP contribution in [-0.2, 0) is 14.3 Å². The zero-order valence-electron chi connectivity index (χ0n) is 12.8. The van der Waals surface area contributed by atoms with Gasteiger partial charge in [0.05, 0.1) is 14.2 Å². The minimum absolute atomic E-state index is 0.00645. The van der Waals surface area contributed by atoms with Crippen molar-refractivity contribution >= 4 is 17.8 Å². The molecule has 2 rings (SSSR count). The standard InChI is InChI=1S/C17H20O5/c1-20-13-8-9-15(21-2)12(11-13)7-10-17(19)22-16-6-4-3-5-14(16)18/h7-11,16H,3-6H2,1-2H3/b10-7+/t16-/m1/s1. The van der Waals surface area contributed by atoms with Gasteiger partial charge in [0.25, 0.3) is 0 Å². The Balaban J connectivity index is 2.04. The molecule has 0 unspecified atom stereocenters. The number of hydrogen-bond donors (Lipinski definition) is 0. The van der Waals surface area contributed by atoms with Crippen LogP contribution >= 0.6 is 0 Å². The Morgan fingerprint density at radius 1 is 1.23 bits per heavy atom. The number of carbonyl (C=O) groups is 2. The van der Waals surface area contributed by atoms with Crippen molar-refractivity contribution in [1.82, 2.24) is 0 Å². The molecule has 0 heterocycles. The zero-order valence-corrected chi connectivity index (χ0v) is 12.8. The smallest absolute Gasteiger partial charge is 0.331 e. The Labute approximate surface area is 129 Å². The van der Waals surface area contributed by atoms with E-state index in [1.54, 1.807) is 38.5 Å². The number of esters is 1. The summed E-state index contributed by atoms with van der Waals surface area (Å²) >= 11 is 0. The van der Waals surface area contributed by atoms with Crippen molar-refractivity contribution in [3.8, 4) is 11.5 Å². The number of ketones is 1. The average Bonchev–Trinajstić information content (AvgIpc) is 2.54. The molecule has 1 aromatic carbocycles. The lowest BCUT2D eigenvalue weighted by molar-refractivity contribution is -0.152. The third-order valence-electron chi connectivity index (χ3n) is 3.59. The van der Waals surface area contributed by atoms with Gasteiger partial charge in [-0.05, 0) is 43.5 Å². The van der Waals surface area contributed by atoms with E-state index in [4.69, 9.17) is 14.2 Å². The van der Waals surface area contributed by atoms with E-state index in [0.717, 1.165) is 12.8 Å². The second-order valence-electron chi connectivity index (χ2n) is 5.08. The van der Waals surface area contributed by atoms with Crippen LogP contribution in [-0.4, -0.2) is 32.1 Å². The molecule has 118 valence electrons. The molecule has 0 saturated heterocycles. The Bertz CT molecular complexity index is 576. The SMILES string of the molecule is COc1ccc(OC)c(/C=C/C(=O)O[C@@H]2CCCCC2=O)c1. The summed E-state index contributed by atoms with van der Waals surface area (Å²) in [5.41, 5.74) is 0.703. The molecule has 0 aliphatic heterocycles. The summed E-state index contributed by atoms with van der Waals surface area (Å²) in [5, 5.41) is 0. The van der Waals surface area contributed by atoms with Crippen molar-refractivity contribution in [2.75, 3.05) is 14.2 Å². The first-order chi connectivity index (χ1) is 10.6. The van der Waals surface area contributed by atoms with Gasteiger partial charge in [0.2, 0.25) is 0 Å². The van der Waals surface area contributed by atoms with E-state index < -0.39 is 12.1 Å². The van der Waals surface area contributed by atoms with Crippen LogP contribution in [0.4, 0.5) is 0 Å². The lowest BCUT2D eigenvalue weighted by Gasteiger charge is -2.19. The molecule has 1 aliphatic rings. The molecule has 0 spiro atoms. The number of benzene rings is 1. The first-order valence-electron chi connectivity index (χ1n) is 7.27. The molecule has 0 N–H and O–H groups in total. The van der Waals surface area contributed by atoms with E-state index in [1.165, 1.54) is 6.08 Å². The van der Waals surface area contributed by atoms with E-state index in [1.807, 2.05) is 0 Å². The summed E-state index contributed by atoms with van der Waals surface area (Å²) in [6.07, 6.45) is 5.20. The Morgan fingerprint density at radius 3 is 2.73 bits per heavy atom. The van der Waals surface area contributed by atoms with E-state index in [-0.39, 0.29) is 5.78 Å². The number of methoxy groups -OCH3 is 2. The summed E-state index contributed by atoms with van der Waals surface area (Å²) in [5.74, 6) is 0.770. The third kappa shape index (κ3) is 4.10. The summed E-state index contributed by atoms with van der Waals surface area (Å²) in [6.45, 7) is 0. The molecule has 1 atom stereocenters. The van der Waals surface area contributed by atoms with Gasteiger partial charge < -0.3 is 14.2 Å². The van der Waals surface area contributed by atoms with Gasteiger partial charge in [-0.1, -0.05) is 0 Å². The van der Waals surface area contributed by atoms with Gasteiger partial charge in [-0.25, -0.2) is 4.79 Å². The fourth-order valence-corrected chi connectivity index (χ4v) is 2.38. The molecule has 0 amide bonds. The van der Waals surface area contributed by atoms with Crippen LogP contribution in [0.5, 0.6) is 11.5 Å². The van der Waals surface area contributed by atoms with Gasteiger partial charge in [0.15, 0.2) is 11.9 Å². The number of carbonyl (C=O) groups excluding carboxylic acids is 2. The van der Waals surface area contributed by atoms with Gasteiger partial charge in [0, 0.05) is 18.1 Å². The highest BCUT2D eigenvalue weighted by atomic mass is 16.5. The van der Waals surface area contributed by atoms with Crippen LogP contribution in [0.2, 0.25) is 0 Å². The van der Waals surface area contributed by atoms with E-state index in [2.05, 4.69) is 0 Å². The van der Waals surface area contributed by atoms with Crippen molar-refractivity contribution in [1.29, 1.82) is 0 Å². The largest absolute Gasteiger partial charge is 0.497 e. The van der Waals surface area contributed by atoms with Crippen molar-refractivity contribution in [3.05, 3.63) is 29.8 Å². The van der Waals surface area contributed by atoms with Crippen molar-refractivity contribution in [2.45, 2.75) is 31.8 Å². The second-order valence-corrected chi connectivity index (χ2v) is 5.08. The van der Waals surface area contributed by atoms with E-state index >= 15 is 0 Å². The Morgan fingerprint density at radius 2 is 2.05 bits per heavy atom. The highest BCUT2D eigenvalue weighted by molar-refractivity contribution is 5.91. The fourth-order valence-electron chi connectivity index (χ4n) is 2.38. The van der Waals surface area contributed by atoms with Gasteiger partial charge in [-0.3, -0.25) is 4.79 Å². The molecule has 22 heavy (non-hydrogen) atoms. The molecule has 0 bridgehead atoms. The van der Waals surface area contributed by atoms with Gasteiger partial charge in [0.1, 0.15) is 11.5 Å². The first-order valence-corrected chi connectivity index (χ1v) is 7.27. The number of rotatable bonds is 5. The molecular formula is C17H20O5. The molecule has 1 saturated carbocycles. The maximum atomic E-state index is 11.9. The molecule has 1 aromatic rings. The number of hydrogen-bond acceptors (Lipinski definition) is 5. The molecule has 5 nitrogen and oxygen atoms in total. The fraction of sp³-hybridized carbons (Fsp3) is 0.412. The van der Waals surface area contributed by atoms with E-state index in [0.29, 0.717) is 29.9 Å². The summed E-state index contributed by atoms with van der Waals surface area (Å²) in [4.78, 5) is 23.5. The summed E-state index contributed by atoms with van der Waals surface area (Å²) in [6, 6.07) is 5.29. The Kier molecular flexibility index (Phi) is 5.58. The molecule has 5 heteroatoms. The van der Waals surface area contributed by atoms with Crippen LogP contribution in [0.3, 0.4) is 0 Å². The number of ether oxygens (including phenoxy) is 3. The predicted molar refractivity (Wildman–Crippen MR) is 81.9 cm³/mol. The minimum Gasteiger partial charge on any atom is -0.497 e. The Hall–Kier alpha value is -2.30. The quantitative estimate of drug-likeness (QED) is 0.618. The summed E-state index contributed by atoms with van der Waals surface area (Å²) < 4.78 is 15.6. The van der Waals surface area contributed by atoms with Crippen LogP contribution in [0.25, 0.3) is 6.08 Å². The molecule has 0 radical (unpaired) electrons. The highest BCUT2D eigenvalue weighted by Gasteiger charge is 2.24. The van der Waals surface area contributed by atoms with Gasteiger partial charge >= 0.3 is 5.97 Å². The van der Waals surface area contributed by atoms with Crippen LogP contribution < -0.4 is 9.47 Å². The highest BCUT2D eigenvalue weighted by Crippen LogP contribution is 2.25. The first kappa shape index (κ1) is 16.1.